The molecule has 1 rings (SSSR count). The van der Waals surface area contributed by atoms with Gasteiger partial charge in [-0.15, -0.1) is 0 Å². The number of aryl methyl sites for hydroxylation is 1. The summed E-state index contributed by atoms with van der Waals surface area (Å²) in [5.74, 6) is 0. The van der Waals surface area contributed by atoms with Crippen molar-refractivity contribution in [2.45, 2.75) is 52.6 Å². The van der Waals surface area contributed by atoms with Crippen LogP contribution < -0.4 is 0 Å². The average molecular weight is 244 g/mol. The molecule has 0 N–H and O–H groups in total. The normalized spacial score (nSPS) is 13.4. The zero-order valence-electron chi connectivity index (χ0n) is 12.4. The molecule has 0 aromatic heterocycles. The van der Waals surface area contributed by atoms with E-state index in [-0.39, 0.29) is 11.5 Å². The second-order valence-corrected chi connectivity index (χ2v) is 6.11. The summed E-state index contributed by atoms with van der Waals surface area (Å²) in [4.78, 5) is 2.07. The van der Waals surface area contributed by atoms with E-state index in [0.29, 0.717) is 0 Å². The Balaban J connectivity index is 2.91. The molecular formula is C16H24N2. The molecule has 0 aliphatic carbocycles. The zero-order valence-corrected chi connectivity index (χ0v) is 12.4. The molecule has 1 aromatic rings. The van der Waals surface area contributed by atoms with Crippen molar-refractivity contribution < 1.29 is 0 Å². The SMILES string of the molecule is Cc1cc(C(C)(C)C)ccc1CN(C)C(C)C#N. The number of nitriles is 1. The van der Waals surface area contributed by atoms with Gasteiger partial charge in [0.25, 0.3) is 0 Å². The lowest BCUT2D eigenvalue weighted by Crippen LogP contribution is -2.27. The van der Waals surface area contributed by atoms with Crippen LogP contribution in [0.1, 0.15) is 44.4 Å². The molecule has 0 amide bonds. The van der Waals surface area contributed by atoms with Crippen LogP contribution in [0.5, 0.6) is 0 Å². The standard InChI is InChI=1S/C16H24N2/c1-12-9-15(16(3,4)5)8-7-14(12)11-18(6)13(2)10-17/h7-9,13H,11H2,1-6H3. The summed E-state index contributed by atoms with van der Waals surface area (Å²) in [6.45, 7) is 11.6. The highest BCUT2D eigenvalue weighted by Crippen LogP contribution is 2.24. The van der Waals surface area contributed by atoms with Gasteiger partial charge in [-0.3, -0.25) is 4.90 Å². The Morgan fingerprint density at radius 1 is 1.33 bits per heavy atom. The highest BCUT2D eigenvalue weighted by Gasteiger charge is 2.15. The Hall–Kier alpha value is -1.33. The van der Waals surface area contributed by atoms with E-state index < -0.39 is 0 Å². The van der Waals surface area contributed by atoms with Crippen LogP contribution in [0.4, 0.5) is 0 Å². The van der Waals surface area contributed by atoms with Gasteiger partial charge in [0.05, 0.1) is 12.1 Å². The van der Waals surface area contributed by atoms with Crippen molar-refractivity contribution >= 4 is 0 Å². The predicted molar refractivity (Wildman–Crippen MR) is 76.4 cm³/mol. The Bertz CT molecular complexity index is 449. The second-order valence-electron chi connectivity index (χ2n) is 6.11. The van der Waals surface area contributed by atoms with Gasteiger partial charge in [0.1, 0.15) is 0 Å². The van der Waals surface area contributed by atoms with Gasteiger partial charge in [0.2, 0.25) is 0 Å². The number of hydrogen-bond donors (Lipinski definition) is 0. The van der Waals surface area contributed by atoms with Gasteiger partial charge in [-0.2, -0.15) is 5.26 Å². The van der Waals surface area contributed by atoms with Gasteiger partial charge in [-0.25, -0.2) is 0 Å². The van der Waals surface area contributed by atoms with E-state index >= 15 is 0 Å². The summed E-state index contributed by atoms with van der Waals surface area (Å²) in [7, 11) is 1.99. The maximum Gasteiger partial charge on any atom is 0.0949 e. The van der Waals surface area contributed by atoms with Crippen molar-refractivity contribution in [3.05, 3.63) is 34.9 Å². The summed E-state index contributed by atoms with van der Waals surface area (Å²) in [5, 5.41) is 8.91. The molecule has 0 fully saturated rings. The van der Waals surface area contributed by atoms with Gasteiger partial charge >= 0.3 is 0 Å². The first-order chi connectivity index (χ1) is 8.25. The fraction of sp³-hybridized carbons (Fsp3) is 0.562. The van der Waals surface area contributed by atoms with E-state index in [9.17, 15) is 0 Å². The first-order valence-electron chi connectivity index (χ1n) is 6.45. The van der Waals surface area contributed by atoms with Gasteiger partial charge in [-0.1, -0.05) is 39.0 Å². The number of benzene rings is 1. The molecule has 0 radical (unpaired) electrons. The summed E-state index contributed by atoms with van der Waals surface area (Å²) in [6, 6.07) is 8.87. The molecule has 2 heteroatoms. The molecule has 2 nitrogen and oxygen atoms in total. The molecule has 0 saturated heterocycles. The third-order valence-corrected chi connectivity index (χ3v) is 3.48. The fourth-order valence-electron chi connectivity index (χ4n) is 1.84. The van der Waals surface area contributed by atoms with Crippen molar-refractivity contribution in [1.29, 1.82) is 5.26 Å². The van der Waals surface area contributed by atoms with Crippen LogP contribution in [0, 0.1) is 18.3 Å². The molecule has 0 saturated carbocycles. The summed E-state index contributed by atoms with van der Waals surface area (Å²) in [6.07, 6.45) is 0. The lowest BCUT2D eigenvalue weighted by molar-refractivity contribution is 0.294. The molecule has 18 heavy (non-hydrogen) atoms. The van der Waals surface area contributed by atoms with Crippen LogP contribution in [0.25, 0.3) is 0 Å². The number of rotatable bonds is 3. The summed E-state index contributed by atoms with van der Waals surface area (Å²) in [5.41, 5.74) is 4.15. The van der Waals surface area contributed by atoms with Crippen molar-refractivity contribution in [3.8, 4) is 6.07 Å². The average Bonchev–Trinajstić information content (AvgIpc) is 2.29. The Morgan fingerprint density at radius 3 is 2.39 bits per heavy atom. The van der Waals surface area contributed by atoms with Crippen molar-refractivity contribution in [2.75, 3.05) is 7.05 Å². The quantitative estimate of drug-likeness (QED) is 0.811. The highest BCUT2D eigenvalue weighted by molar-refractivity contribution is 5.34. The van der Waals surface area contributed by atoms with Gasteiger partial charge in [0.15, 0.2) is 0 Å². The Kier molecular flexibility index (Phi) is 4.53. The Morgan fingerprint density at radius 2 is 1.94 bits per heavy atom. The summed E-state index contributed by atoms with van der Waals surface area (Å²) < 4.78 is 0. The van der Waals surface area contributed by atoms with Crippen LogP contribution in [0.3, 0.4) is 0 Å². The fourth-order valence-corrected chi connectivity index (χ4v) is 1.84. The van der Waals surface area contributed by atoms with Crippen LogP contribution in [0.2, 0.25) is 0 Å². The van der Waals surface area contributed by atoms with E-state index in [1.165, 1.54) is 16.7 Å². The molecule has 1 unspecified atom stereocenters. The lowest BCUT2D eigenvalue weighted by Gasteiger charge is -2.23. The first-order valence-corrected chi connectivity index (χ1v) is 6.45. The maximum absolute atomic E-state index is 8.91. The molecular weight excluding hydrogens is 220 g/mol. The van der Waals surface area contributed by atoms with Crippen molar-refractivity contribution in [2.24, 2.45) is 0 Å². The maximum atomic E-state index is 8.91. The van der Waals surface area contributed by atoms with Crippen molar-refractivity contribution in [1.82, 2.24) is 4.90 Å². The molecule has 1 atom stereocenters. The zero-order chi connectivity index (χ0) is 13.9. The molecule has 0 heterocycles. The van der Waals surface area contributed by atoms with Crippen LogP contribution in [-0.4, -0.2) is 18.0 Å². The van der Waals surface area contributed by atoms with Crippen LogP contribution >= 0.6 is 0 Å². The Labute approximate surface area is 111 Å². The monoisotopic (exact) mass is 244 g/mol. The minimum atomic E-state index is -0.0494. The number of hydrogen-bond acceptors (Lipinski definition) is 2. The van der Waals surface area contributed by atoms with E-state index in [2.05, 4.69) is 56.9 Å². The molecule has 1 aromatic carbocycles. The van der Waals surface area contributed by atoms with Crippen LogP contribution in [-0.2, 0) is 12.0 Å². The largest absolute Gasteiger partial charge is 0.287 e. The highest BCUT2D eigenvalue weighted by atomic mass is 15.1. The second kappa shape index (κ2) is 5.54. The van der Waals surface area contributed by atoms with Gasteiger partial charge in [0, 0.05) is 6.54 Å². The first kappa shape index (κ1) is 14.7. The van der Waals surface area contributed by atoms with Gasteiger partial charge < -0.3 is 0 Å². The third kappa shape index (κ3) is 3.58. The molecule has 98 valence electrons. The summed E-state index contributed by atoms with van der Waals surface area (Å²) >= 11 is 0. The topological polar surface area (TPSA) is 27.0 Å². The van der Waals surface area contributed by atoms with Gasteiger partial charge in [-0.05, 0) is 43.0 Å². The van der Waals surface area contributed by atoms with Crippen molar-refractivity contribution in [3.63, 3.8) is 0 Å². The van der Waals surface area contributed by atoms with E-state index in [4.69, 9.17) is 5.26 Å². The third-order valence-electron chi connectivity index (χ3n) is 3.48. The number of nitrogens with zero attached hydrogens (tertiary/aromatic N) is 2. The molecule has 0 aliphatic heterocycles. The van der Waals surface area contributed by atoms with E-state index in [1.807, 2.05) is 14.0 Å². The predicted octanol–water partition coefficient (Wildman–Crippen LogP) is 3.64. The molecule has 0 aliphatic rings. The van der Waals surface area contributed by atoms with E-state index in [0.717, 1.165) is 6.54 Å². The lowest BCUT2D eigenvalue weighted by atomic mass is 9.85. The smallest absolute Gasteiger partial charge is 0.0949 e. The minimum absolute atomic E-state index is 0.0494. The molecule has 0 spiro atoms. The van der Waals surface area contributed by atoms with Crippen LogP contribution in [0.15, 0.2) is 18.2 Å². The van der Waals surface area contributed by atoms with E-state index in [1.54, 1.807) is 0 Å². The molecule has 0 bridgehead atoms. The minimum Gasteiger partial charge on any atom is -0.287 e.